The lowest BCUT2D eigenvalue weighted by atomic mass is 9.99. The number of alkyl halides is 2. The van der Waals surface area contributed by atoms with Crippen LogP contribution >= 0.6 is 0 Å². The van der Waals surface area contributed by atoms with E-state index in [2.05, 4.69) is 15.3 Å². The van der Waals surface area contributed by atoms with Crippen molar-refractivity contribution in [2.24, 2.45) is 5.92 Å². The second kappa shape index (κ2) is 8.45. The van der Waals surface area contributed by atoms with Gasteiger partial charge in [-0.15, -0.1) is 0 Å². The lowest BCUT2D eigenvalue weighted by Gasteiger charge is -2.36. The SMILES string of the molecule is CC(F)(F)c1c(-c2nc(-c3ccc(CN4CC(C(=O)O)C4)cc3)no2)noc1-c1ccccc1. The highest BCUT2D eigenvalue weighted by Gasteiger charge is 2.38. The first-order chi connectivity index (χ1) is 16.3. The lowest BCUT2D eigenvalue weighted by Crippen LogP contribution is -2.49. The summed E-state index contributed by atoms with van der Waals surface area (Å²) in [5.41, 5.74) is 1.49. The van der Waals surface area contributed by atoms with Gasteiger partial charge < -0.3 is 14.2 Å². The van der Waals surface area contributed by atoms with Crippen LogP contribution in [0.15, 0.2) is 63.6 Å². The summed E-state index contributed by atoms with van der Waals surface area (Å²) in [5, 5.41) is 16.7. The van der Waals surface area contributed by atoms with Crippen molar-refractivity contribution in [3.8, 4) is 34.3 Å². The molecule has 1 saturated heterocycles. The molecule has 8 nitrogen and oxygen atoms in total. The monoisotopic (exact) mass is 466 g/mol. The molecule has 3 heterocycles. The third-order valence-electron chi connectivity index (χ3n) is 5.72. The second-order valence-corrected chi connectivity index (χ2v) is 8.34. The van der Waals surface area contributed by atoms with Crippen LogP contribution in [0.1, 0.15) is 18.1 Å². The van der Waals surface area contributed by atoms with Gasteiger partial charge in [-0.25, -0.2) is 8.78 Å². The number of aromatic nitrogens is 3. The van der Waals surface area contributed by atoms with Gasteiger partial charge in [-0.3, -0.25) is 9.69 Å². The first kappa shape index (κ1) is 21.9. The predicted molar refractivity (Wildman–Crippen MR) is 117 cm³/mol. The van der Waals surface area contributed by atoms with Gasteiger partial charge in [-0.05, 0) is 5.56 Å². The minimum Gasteiger partial charge on any atom is -0.481 e. The number of benzene rings is 2. The molecule has 0 atom stereocenters. The largest absolute Gasteiger partial charge is 0.481 e. The molecule has 2 aromatic carbocycles. The van der Waals surface area contributed by atoms with Gasteiger partial charge in [0.15, 0.2) is 11.5 Å². The van der Waals surface area contributed by atoms with Crippen LogP contribution in [-0.4, -0.2) is 44.4 Å². The Balaban J connectivity index is 1.37. The molecule has 0 aliphatic carbocycles. The summed E-state index contributed by atoms with van der Waals surface area (Å²) in [7, 11) is 0. The zero-order chi connectivity index (χ0) is 23.9. The van der Waals surface area contributed by atoms with Gasteiger partial charge in [-0.1, -0.05) is 64.9 Å². The van der Waals surface area contributed by atoms with Crippen molar-refractivity contribution in [2.75, 3.05) is 13.1 Å². The average Bonchev–Trinajstić information content (AvgIpc) is 3.44. The summed E-state index contributed by atoms with van der Waals surface area (Å²) in [4.78, 5) is 17.2. The second-order valence-electron chi connectivity index (χ2n) is 8.34. The molecule has 1 aliphatic rings. The fraction of sp³-hybridized carbons (Fsp3) is 0.250. The van der Waals surface area contributed by atoms with Crippen molar-refractivity contribution < 1.29 is 27.7 Å². The molecule has 0 bridgehead atoms. The molecular formula is C24H20F2N4O4. The molecule has 4 aromatic rings. The summed E-state index contributed by atoms with van der Waals surface area (Å²) < 4.78 is 39.6. The van der Waals surface area contributed by atoms with E-state index >= 15 is 0 Å². The summed E-state index contributed by atoms with van der Waals surface area (Å²) in [6.45, 7) is 2.46. The number of likely N-dealkylation sites (tertiary alicyclic amines) is 1. The minimum absolute atomic E-state index is 0.0525. The summed E-state index contributed by atoms with van der Waals surface area (Å²) in [6, 6.07) is 15.9. The van der Waals surface area contributed by atoms with E-state index in [0.29, 0.717) is 30.8 Å². The molecule has 0 unspecified atom stereocenters. The Morgan fingerprint density at radius 3 is 2.41 bits per heavy atom. The summed E-state index contributed by atoms with van der Waals surface area (Å²) in [5.74, 6) is -4.33. The molecule has 0 radical (unpaired) electrons. The number of carboxylic acid groups (broad SMARTS) is 1. The Bertz CT molecular complexity index is 1310. The third-order valence-corrected chi connectivity index (χ3v) is 5.72. The standard InChI is InChI=1S/C24H20F2N4O4/c1-24(25,26)18-19(28-33-20(18)15-5-3-2-4-6-15)22-27-21(29-34-22)16-9-7-14(8-10-16)11-30-12-17(13-30)23(31)32/h2-10,17H,11-13H2,1H3,(H,31,32). The van der Waals surface area contributed by atoms with Crippen molar-refractivity contribution in [2.45, 2.75) is 19.4 Å². The van der Waals surface area contributed by atoms with Crippen molar-refractivity contribution in [1.82, 2.24) is 20.2 Å². The number of carbonyl (C=O) groups is 1. The van der Waals surface area contributed by atoms with E-state index in [0.717, 1.165) is 12.5 Å². The molecule has 0 saturated carbocycles. The molecule has 0 spiro atoms. The maximum Gasteiger partial charge on any atom is 0.309 e. The van der Waals surface area contributed by atoms with Crippen LogP contribution < -0.4 is 0 Å². The molecule has 1 fully saturated rings. The third kappa shape index (κ3) is 4.19. The maximum absolute atomic E-state index is 14.5. The van der Waals surface area contributed by atoms with Gasteiger partial charge in [0.25, 0.3) is 11.8 Å². The minimum atomic E-state index is -3.26. The zero-order valence-corrected chi connectivity index (χ0v) is 18.1. The zero-order valence-electron chi connectivity index (χ0n) is 18.1. The number of aliphatic carboxylic acids is 1. The summed E-state index contributed by atoms with van der Waals surface area (Å²) in [6.07, 6.45) is 0. The molecule has 174 valence electrons. The number of rotatable bonds is 7. The van der Waals surface area contributed by atoms with E-state index in [-0.39, 0.29) is 29.1 Å². The van der Waals surface area contributed by atoms with Crippen molar-refractivity contribution in [3.63, 3.8) is 0 Å². The van der Waals surface area contributed by atoms with Crippen LogP contribution in [0, 0.1) is 5.92 Å². The smallest absolute Gasteiger partial charge is 0.309 e. The summed E-state index contributed by atoms with van der Waals surface area (Å²) >= 11 is 0. The van der Waals surface area contributed by atoms with Gasteiger partial charge in [0.1, 0.15) is 5.56 Å². The van der Waals surface area contributed by atoms with Crippen LogP contribution in [0.5, 0.6) is 0 Å². The molecule has 1 N–H and O–H groups in total. The quantitative estimate of drug-likeness (QED) is 0.418. The van der Waals surface area contributed by atoms with Gasteiger partial charge >= 0.3 is 5.97 Å². The molecule has 10 heteroatoms. The van der Waals surface area contributed by atoms with Crippen LogP contribution in [0.4, 0.5) is 8.78 Å². The molecule has 34 heavy (non-hydrogen) atoms. The van der Waals surface area contributed by atoms with E-state index in [9.17, 15) is 13.6 Å². The highest BCUT2D eigenvalue weighted by molar-refractivity contribution is 5.72. The van der Waals surface area contributed by atoms with Crippen molar-refractivity contribution >= 4 is 5.97 Å². The Morgan fingerprint density at radius 2 is 1.76 bits per heavy atom. The molecule has 0 amide bonds. The first-order valence-electron chi connectivity index (χ1n) is 10.6. The van der Waals surface area contributed by atoms with Crippen molar-refractivity contribution in [1.29, 1.82) is 0 Å². The number of halogens is 2. The van der Waals surface area contributed by atoms with Crippen LogP contribution in [-0.2, 0) is 17.3 Å². The maximum atomic E-state index is 14.5. The number of carboxylic acids is 1. The van der Waals surface area contributed by atoms with E-state index in [1.807, 2.05) is 17.0 Å². The Kier molecular flexibility index (Phi) is 5.45. The van der Waals surface area contributed by atoms with E-state index in [1.54, 1.807) is 42.5 Å². The fourth-order valence-electron chi connectivity index (χ4n) is 3.94. The predicted octanol–water partition coefficient (Wildman–Crippen LogP) is 4.69. The van der Waals surface area contributed by atoms with E-state index in [4.69, 9.17) is 14.2 Å². The van der Waals surface area contributed by atoms with Crippen LogP contribution in [0.25, 0.3) is 34.3 Å². The van der Waals surface area contributed by atoms with Gasteiger partial charge in [-0.2, -0.15) is 4.98 Å². The number of hydrogen-bond acceptors (Lipinski definition) is 7. The molecule has 2 aromatic heterocycles. The Morgan fingerprint density at radius 1 is 1.06 bits per heavy atom. The fourth-order valence-corrected chi connectivity index (χ4v) is 3.94. The van der Waals surface area contributed by atoms with Crippen LogP contribution in [0.2, 0.25) is 0 Å². The topological polar surface area (TPSA) is 105 Å². The first-order valence-corrected chi connectivity index (χ1v) is 10.6. The van der Waals surface area contributed by atoms with E-state index in [1.165, 1.54) is 0 Å². The van der Waals surface area contributed by atoms with Gasteiger partial charge in [0.2, 0.25) is 5.82 Å². The number of nitrogens with zero attached hydrogens (tertiary/aromatic N) is 4. The van der Waals surface area contributed by atoms with Gasteiger partial charge in [0, 0.05) is 37.7 Å². The van der Waals surface area contributed by atoms with Crippen LogP contribution in [0.3, 0.4) is 0 Å². The normalized spacial score (nSPS) is 14.8. The van der Waals surface area contributed by atoms with Crippen molar-refractivity contribution in [3.05, 3.63) is 65.7 Å². The molecule has 5 rings (SSSR count). The number of hydrogen-bond donors (Lipinski definition) is 1. The highest BCUT2D eigenvalue weighted by Crippen LogP contribution is 2.41. The van der Waals surface area contributed by atoms with E-state index < -0.39 is 17.5 Å². The Hall–Kier alpha value is -3.92. The average molecular weight is 466 g/mol. The molecular weight excluding hydrogens is 446 g/mol. The Labute approximate surface area is 192 Å². The molecule has 1 aliphatic heterocycles. The van der Waals surface area contributed by atoms with Gasteiger partial charge in [0.05, 0.1) is 5.92 Å². The highest BCUT2D eigenvalue weighted by atomic mass is 19.3. The lowest BCUT2D eigenvalue weighted by molar-refractivity contribution is -0.147.